The number of aromatic nitrogens is 2. The molecule has 7 heteroatoms. The van der Waals surface area contributed by atoms with Crippen molar-refractivity contribution in [1.82, 2.24) is 19.8 Å². The molecule has 1 aliphatic carbocycles. The molecule has 7 nitrogen and oxygen atoms in total. The Kier molecular flexibility index (Phi) is 7.71. The van der Waals surface area contributed by atoms with Gasteiger partial charge in [-0.05, 0) is 31.7 Å². The molecule has 3 fully saturated rings. The lowest BCUT2D eigenvalue weighted by Crippen LogP contribution is -2.48. The first-order chi connectivity index (χ1) is 14.3. The first kappa shape index (κ1) is 21.0. The van der Waals surface area contributed by atoms with Crippen LogP contribution in [0.15, 0.2) is 12.3 Å². The van der Waals surface area contributed by atoms with Gasteiger partial charge in [0, 0.05) is 58.6 Å². The summed E-state index contributed by atoms with van der Waals surface area (Å²) in [5.41, 5.74) is 1.11. The molecule has 1 atom stereocenters. The monoisotopic (exact) mass is 403 g/mol. The molecule has 3 heterocycles. The van der Waals surface area contributed by atoms with E-state index in [1.807, 2.05) is 12.3 Å². The predicted octanol–water partition coefficient (Wildman–Crippen LogP) is 1.90. The van der Waals surface area contributed by atoms with Crippen molar-refractivity contribution in [3.63, 3.8) is 0 Å². The molecule has 1 aromatic heterocycles. The van der Waals surface area contributed by atoms with E-state index in [9.17, 15) is 5.11 Å². The minimum Gasteiger partial charge on any atom is -0.389 e. The number of β-amino-alcohol motifs (C(OH)–C–C–N with tert-alkyl or cyclic N) is 1. The van der Waals surface area contributed by atoms with Gasteiger partial charge in [-0.15, -0.1) is 0 Å². The van der Waals surface area contributed by atoms with E-state index in [2.05, 4.69) is 19.7 Å². The zero-order valence-corrected chi connectivity index (χ0v) is 17.7. The van der Waals surface area contributed by atoms with Crippen LogP contribution in [-0.4, -0.2) is 89.5 Å². The van der Waals surface area contributed by atoms with Gasteiger partial charge in [-0.25, -0.2) is 9.97 Å². The first-order valence-electron chi connectivity index (χ1n) is 11.6. The maximum atomic E-state index is 10.4. The molecule has 0 unspecified atom stereocenters. The number of piperazine rings is 1. The molecule has 0 bridgehead atoms. The molecular weight excluding hydrogens is 366 g/mol. The number of ether oxygens (including phenoxy) is 1. The van der Waals surface area contributed by atoms with Gasteiger partial charge in [0.15, 0.2) is 0 Å². The SMILES string of the molecule is O[C@@H](COC1CCCCC1)CN1CCN(Cc2ccnc(N3CCCC3)n2)CC1. The summed E-state index contributed by atoms with van der Waals surface area (Å²) in [6.45, 7) is 8.24. The van der Waals surface area contributed by atoms with E-state index in [1.165, 1.54) is 32.1 Å². The Bertz CT molecular complexity index is 611. The lowest BCUT2D eigenvalue weighted by Gasteiger charge is -2.35. The summed E-state index contributed by atoms with van der Waals surface area (Å²) in [4.78, 5) is 16.4. The molecular formula is C22H37N5O2. The molecule has 1 N–H and O–H groups in total. The Morgan fingerprint density at radius 3 is 2.45 bits per heavy atom. The Labute approximate surface area is 175 Å². The van der Waals surface area contributed by atoms with Crippen LogP contribution in [-0.2, 0) is 11.3 Å². The molecule has 1 saturated carbocycles. The molecule has 4 rings (SSSR count). The van der Waals surface area contributed by atoms with Crippen molar-refractivity contribution in [3.8, 4) is 0 Å². The molecule has 2 aliphatic heterocycles. The number of aliphatic hydroxyl groups excluding tert-OH is 1. The van der Waals surface area contributed by atoms with Gasteiger partial charge in [0.25, 0.3) is 0 Å². The van der Waals surface area contributed by atoms with Gasteiger partial charge in [0.1, 0.15) is 0 Å². The summed E-state index contributed by atoms with van der Waals surface area (Å²) in [5.74, 6) is 0.889. The van der Waals surface area contributed by atoms with Crippen LogP contribution in [0, 0.1) is 0 Å². The van der Waals surface area contributed by atoms with Gasteiger partial charge >= 0.3 is 0 Å². The number of nitrogens with zero attached hydrogens (tertiary/aromatic N) is 5. The molecule has 0 amide bonds. The van der Waals surface area contributed by atoms with Gasteiger partial charge in [-0.1, -0.05) is 19.3 Å². The molecule has 2 saturated heterocycles. The number of aliphatic hydroxyl groups is 1. The summed E-state index contributed by atoms with van der Waals surface area (Å²) in [6.07, 6.45) is 10.6. The summed E-state index contributed by atoms with van der Waals surface area (Å²) < 4.78 is 5.93. The molecule has 0 spiro atoms. The second kappa shape index (κ2) is 10.7. The van der Waals surface area contributed by atoms with Gasteiger partial charge < -0.3 is 14.7 Å². The molecule has 162 valence electrons. The highest BCUT2D eigenvalue weighted by Gasteiger charge is 2.22. The number of hydrogen-bond acceptors (Lipinski definition) is 7. The zero-order valence-electron chi connectivity index (χ0n) is 17.7. The minimum absolute atomic E-state index is 0.369. The standard InChI is InChI=1S/C22H37N5O2/c28-20(18-29-21-6-2-1-3-7-21)17-26-14-12-25(13-15-26)16-19-8-9-23-22(24-19)27-10-4-5-11-27/h8-9,20-21,28H,1-7,10-18H2/t20-/m1/s1. The van der Waals surface area contributed by atoms with Crippen LogP contribution in [0.3, 0.4) is 0 Å². The van der Waals surface area contributed by atoms with Crippen LogP contribution in [0.1, 0.15) is 50.6 Å². The summed E-state index contributed by atoms with van der Waals surface area (Å²) in [6, 6.07) is 2.04. The number of anilines is 1. The van der Waals surface area contributed by atoms with Crippen LogP contribution in [0.25, 0.3) is 0 Å². The highest BCUT2D eigenvalue weighted by Crippen LogP contribution is 2.20. The van der Waals surface area contributed by atoms with E-state index in [4.69, 9.17) is 9.72 Å². The smallest absolute Gasteiger partial charge is 0.225 e. The number of hydrogen-bond donors (Lipinski definition) is 1. The van der Waals surface area contributed by atoms with E-state index < -0.39 is 0 Å². The average Bonchev–Trinajstić information content (AvgIpc) is 3.30. The summed E-state index contributed by atoms with van der Waals surface area (Å²) >= 11 is 0. The fraction of sp³-hybridized carbons (Fsp3) is 0.818. The zero-order chi connectivity index (χ0) is 19.9. The normalized spacial score (nSPS) is 23.6. The summed E-state index contributed by atoms with van der Waals surface area (Å²) in [5, 5.41) is 10.4. The third-order valence-corrected chi connectivity index (χ3v) is 6.49. The second-order valence-corrected chi connectivity index (χ2v) is 8.87. The third-order valence-electron chi connectivity index (χ3n) is 6.49. The van der Waals surface area contributed by atoms with Gasteiger partial charge in [-0.3, -0.25) is 9.80 Å². The van der Waals surface area contributed by atoms with Crippen molar-refractivity contribution in [3.05, 3.63) is 18.0 Å². The van der Waals surface area contributed by atoms with Crippen molar-refractivity contribution in [2.75, 3.05) is 57.3 Å². The van der Waals surface area contributed by atoms with Gasteiger partial charge in [0.05, 0.1) is 24.5 Å². The maximum absolute atomic E-state index is 10.4. The van der Waals surface area contributed by atoms with Crippen molar-refractivity contribution in [2.24, 2.45) is 0 Å². The topological polar surface area (TPSA) is 65.0 Å². The van der Waals surface area contributed by atoms with Crippen LogP contribution in [0.4, 0.5) is 5.95 Å². The third kappa shape index (κ3) is 6.35. The highest BCUT2D eigenvalue weighted by molar-refractivity contribution is 5.31. The van der Waals surface area contributed by atoms with Crippen LogP contribution >= 0.6 is 0 Å². The Morgan fingerprint density at radius 2 is 1.69 bits per heavy atom. The van der Waals surface area contributed by atoms with E-state index in [0.717, 1.165) is 70.3 Å². The predicted molar refractivity (Wildman–Crippen MR) is 114 cm³/mol. The molecule has 0 radical (unpaired) electrons. The minimum atomic E-state index is -0.381. The van der Waals surface area contributed by atoms with E-state index in [1.54, 1.807) is 0 Å². The quantitative estimate of drug-likeness (QED) is 0.711. The van der Waals surface area contributed by atoms with Crippen LogP contribution < -0.4 is 4.90 Å². The van der Waals surface area contributed by atoms with Crippen molar-refractivity contribution < 1.29 is 9.84 Å². The van der Waals surface area contributed by atoms with Crippen LogP contribution in [0.2, 0.25) is 0 Å². The second-order valence-electron chi connectivity index (χ2n) is 8.87. The molecule has 1 aromatic rings. The van der Waals surface area contributed by atoms with Crippen molar-refractivity contribution >= 4 is 5.95 Å². The maximum Gasteiger partial charge on any atom is 0.225 e. The fourth-order valence-electron chi connectivity index (χ4n) is 4.73. The van der Waals surface area contributed by atoms with E-state index in [-0.39, 0.29) is 6.10 Å². The summed E-state index contributed by atoms with van der Waals surface area (Å²) in [7, 11) is 0. The molecule has 0 aromatic carbocycles. The first-order valence-corrected chi connectivity index (χ1v) is 11.6. The molecule has 29 heavy (non-hydrogen) atoms. The Hall–Kier alpha value is -1.28. The Morgan fingerprint density at radius 1 is 0.966 bits per heavy atom. The lowest BCUT2D eigenvalue weighted by molar-refractivity contribution is -0.0371. The number of rotatable bonds is 8. The lowest BCUT2D eigenvalue weighted by atomic mass is 9.98. The largest absolute Gasteiger partial charge is 0.389 e. The fourth-order valence-corrected chi connectivity index (χ4v) is 4.73. The van der Waals surface area contributed by atoms with Crippen molar-refractivity contribution in [1.29, 1.82) is 0 Å². The van der Waals surface area contributed by atoms with E-state index >= 15 is 0 Å². The van der Waals surface area contributed by atoms with Crippen molar-refractivity contribution in [2.45, 2.75) is 63.7 Å². The van der Waals surface area contributed by atoms with Gasteiger partial charge in [0.2, 0.25) is 5.95 Å². The highest BCUT2D eigenvalue weighted by atomic mass is 16.5. The Balaban J connectivity index is 1.16. The van der Waals surface area contributed by atoms with Gasteiger partial charge in [-0.2, -0.15) is 0 Å². The van der Waals surface area contributed by atoms with Crippen LogP contribution in [0.5, 0.6) is 0 Å². The average molecular weight is 404 g/mol. The molecule has 3 aliphatic rings. The van der Waals surface area contributed by atoms with E-state index in [0.29, 0.717) is 19.3 Å².